The molecule has 2 heterocycles. The van der Waals surface area contributed by atoms with Gasteiger partial charge in [0.25, 0.3) is 0 Å². The molecule has 1 saturated heterocycles. The maximum absolute atomic E-state index is 13.9. The smallest absolute Gasteiger partial charge is 0.405 e. The monoisotopic (exact) mass is 669 g/mol. The molecule has 7 N–H and O–H groups in total. The molecule has 0 saturated carbocycles. The maximum Gasteiger partial charge on any atom is 0.405 e. The lowest BCUT2D eigenvalue weighted by atomic mass is 9.97. The fraction of sp³-hybridized carbons (Fsp3) is 0.552. The Morgan fingerprint density at radius 3 is 2.58 bits per heavy atom. The first-order chi connectivity index (χ1) is 21.2. The van der Waals surface area contributed by atoms with Crippen LogP contribution in [-0.2, 0) is 39.2 Å². The van der Waals surface area contributed by atoms with Crippen LogP contribution in [0.4, 0.5) is 0 Å². The summed E-state index contributed by atoms with van der Waals surface area (Å²) < 4.78 is 37.1. The van der Waals surface area contributed by atoms with Crippen molar-refractivity contribution in [3.8, 4) is 0 Å². The van der Waals surface area contributed by atoms with Gasteiger partial charge < -0.3 is 36.1 Å². The number of hydrogen-bond acceptors (Lipinski definition) is 14. The number of carbonyl (C=O) groups is 2. The number of esters is 1. The van der Waals surface area contributed by atoms with Gasteiger partial charge in [0.1, 0.15) is 29.9 Å². The first kappa shape index (κ1) is 36.9. The second-order valence-corrected chi connectivity index (χ2v) is 14.4. The van der Waals surface area contributed by atoms with Crippen molar-refractivity contribution in [2.24, 2.45) is 27.8 Å². The molecule has 0 bridgehead atoms. The van der Waals surface area contributed by atoms with E-state index in [9.17, 15) is 24.4 Å². The third kappa shape index (κ3) is 10.2. The highest BCUT2D eigenvalue weighted by molar-refractivity contribution is 8.13. The number of aliphatic hydroxyl groups excluding tert-OH is 2. The van der Waals surface area contributed by atoms with Gasteiger partial charge in [-0.05, 0) is 31.4 Å². The van der Waals surface area contributed by atoms with Gasteiger partial charge in [-0.15, -0.1) is 0 Å². The van der Waals surface area contributed by atoms with Crippen LogP contribution in [-0.4, -0.2) is 88.2 Å². The number of thioether (sulfide) groups is 1. The van der Waals surface area contributed by atoms with Gasteiger partial charge in [0.15, 0.2) is 17.4 Å². The number of aliphatic imine (C=N–C) groups is 1. The van der Waals surface area contributed by atoms with Gasteiger partial charge in [0, 0.05) is 18.5 Å². The maximum atomic E-state index is 13.9. The first-order valence-electron chi connectivity index (χ1n) is 14.4. The van der Waals surface area contributed by atoms with E-state index in [1.165, 1.54) is 17.2 Å². The molecule has 1 aromatic carbocycles. The van der Waals surface area contributed by atoms with Crippen LogP contribution in [0.2, 0.25) is 0 Å². The van der Waals surface area contributed by atoms with E-state index in [-0.39, 0.29) is 48.2 Å². The minimum absolute atomic E-state index is 0.123. The molecule has 0 aromatic heterocycles. The van der Waals surface area contributed by atoms with Gasteiger partial charge in [-0.25, -0.2) is 14.6 Å². The number of aliphatic hydroxyl groups is 2. The van der Waals surface area contributed by atoms with Crippen molar-refractivity contribution in [3.63, 3.8) is 0 Å². The average Bonchev–Trinajstić information content (AvgIpc) is 3.31. The fourth-order valence-electron chi connectivity index (χ4n) is 4.07. The van der Waals surface area contributed by atoms with Gasteiger partial charge in [-0.2, -0.15) is 0 Å². The normalized spacial score (nSPS) is 24.0. The number of ether oxygens (including phenoxy) is 2. The molecule has 0 amide bonds. The lowest BCUT2D eigenvalue weighted by molar-refractivity contribution is -0.159. The van der Waals surface area contributed by atoms with Crippen LogP contribution in [0.1, 0.15) is 33.3 Å². The Morgan fingerprint density at radius 2 is 1.96 bits per heavy atom. The molecule has 0 aliphatic carbocycles. The van der Waals surface area contributed by atoms with Crippen LogP contribution >= 0.6 is 19.5 Å². The average molecular weight is 670 g/mol. The van der Waals surface area contributed by atoms with Gasteiger partial charge in [-0.1, -0.05) is 62.5 Å². The zero-order valence-electron chi connectivity index (χ0n) is 25.9. The lowest BCUT2D eigenvalue weighted by Gasteiger charge is -2.30. The second kappa shape index (κ2) is 16.3. The summed E-state index contributed by atoms with van der Waals surface area (Å²) in [4.78, 5) is 30.7. The molecule has 1 aromatic rings. The zero-order chi connectivity index (χ0) is 33.4. The van der Waals surface area contributed by atoms with Crippen molar-refractivity contribution in [3.05, 3.63) is 60.6 Å². The summed E-state index contributed by atoms with van der Waals surface area (Å²) in [5, 5.41) is 23.3. The third-order valence-corrected chi connectivity index (χ3v) is 9.78. The summed E-state index contributed by atoms with van der Waals surface area (Å²) in [7, 11) is -4.07. The van der Waals surface area contributed by atoms with Gasteiger partial charge >= 0.3 is 13.7 Å². The number of carbonyl (C=O) groups excluding carboxylic acids is 2. The molecule has 250 valence electrons. The molecule has 1 fully saturated rings. The van der Waals surface area contributed by atoms with E-state index in [0.717, 1.165) is 17.3 Å². The molecule has 16 heteroatoms. The van der Waals surface area contributed by atoms with E-state index in [1.54, 1.807) is 27.7 Å². The van der Waals surface area contributed by atoms with E-state index >= 15 is 0 Å². The summed E-state index contributed by atoms with van der Waals surface area (Å²) in [6, 6.07) is 8.17. The number of rotatable bonds is 16. The van der Waals surface area contributed by atoms with E-state index in [0.29, 0.717) is 0 Å². The lowest BCUT2D eigenvalue weighted by Crippen LogP contribution is -2.46. The van der Waals surface area contributed by atoms with Crippen molar-refractivity contribution in [1.82, 2.24) is 9.99 Å². The molecular formula is C29H44N5O9PS. The minimum Gasteiger partial charge on any atom is -0.455 e. The second-order valence-electron chi connectivity index (χ2n) is 11.5. The molecule has 0 radical (unpaired) electrons. The molecule has 3 rings (SSSR count). The number of nitrogens with two attached hydrogens (primary N) is 2. The first-order valence-corrected chi connectivity index (χ1v) is 17.0. The van der Waals surface area contributed by atoms with Crippen molar-refractivity contribution in [2.75, 3.05) is 25.6 Å². The minimum atomic E-state index is -4.07. The summed E-state index contributed by atoms with van der Waals surface area (Å²) in [5.41, 5.74) is 11.6. The quantitative estimate of drug-likeness (QED) is 0.0967. The topological polar surface area (TPSA) is 208 Å². The van der Waals surface area contributed by atoms with Crippen LogP contribution in [0.15, 0.2) is 60.0 Å². The standard InChI is InChI=1S/C29H44N5O9PS/c1-18(2)23(31)27(37)43-25-21(42-26(24(25)36)34-12-11-22(30)33-19(34)3)16-41-44(39,32-15-20-9-7-6-8-10-20)40-13-14-45-28(38)29(4,5)17-35/h6-12,18,21,23-26,35-36H,3,13-17,31H2,1-2,4-5H3,(H2,30,33)(H,32,39)/t21-,23?,24?,25?,26-,44?/m1/s1. The summed E-state index contributed by atoms with van der Waals surface area (Å²) >= 11 is 0.940. The Kier molecular flexibility index (Phi) is 13.4. The molecule has 6 atom stereocenters. The van der Waals surface area contributed by atoms with Crippen molar-refractivity contribution >= 4 is 36.4 Å². The number of nitrogens with one attached hydrogen (secondary N) is 1. The van der Waals surface area contributed by atoms with Crippen LogP contribution in [0.5, 0.6) is 0 Å². The van der Waals surface area contributed by atoms with E-state index in [2.05, 4.69) is 16.7 Å². The van der Waals surface area contributed by atoms with Crippen molar-refractivity contribution in [2.45, 2.75) is 64.8 Å². The Bertz CT molecular complexity index is 1300. The molecule has 2 aliphatic heterocycles. The number of hydrogen-bond donors (Lipinski definition) is 5. The Hall–Kier alpha value is -2.59. The highest BCUT2D eigenvalue weighted by Crippen LogP contribution is 2.45. The third-order valence-electron chi connectivity index (χ3n) is 7.04. The van der Waals surface area contributed by atoms with Crippen LogP contribution in [0, 0.1) is 11.3 Å². The SMILES string of the molecule is C=C1N=C(N)C=CN1[C@@H]1O[C@H](COP(=O)(NCc2ccccc2)OCCSC(=O)C(C)(C)CO)C(OC(=O)C(N)C(C)C)C1O. The highest BCUT2D eigenvalue weighted by Gasteiger charge is 2.50. The molecule has 14 nitrogen and oxygen atoms in total. The van der Waals surface area contributed by atoms with Crippen LogP contribution in [0.25, 0.3) is 0 Å². The number of nitrogens with zero attached hydrogens (tertiary/aromatic N) is 2. The van der Waals surface area contributed by atoms with E-state index in [1.807, 2.05) is 30.3 Å². The van der Waals surface area contributed by atoms with Gasteiger partial charge in [-0.3, -0.25) is 18.6 Å². The Labute approximate surface area is 267 Å². The summed E-state index contributed by atoms with van der Waals surface area (Å²) in [6.07, 6.45) is -1.89. The van der Waals surface area contributed by atoms with Crippen LogP contribution in [0.3, 0.4) is 0 Å². The van der Waals surface area contributed by atoms with Gasteiger partial charge in [0.2, 0.25) is 0 Å². The molecule has 45 heavy (non-hydrogen) atoms. The van der Waals surface area contributed by atoms with E-state index in [4.69, 9.17) is 30.0 Å². The predicted molar refractivity (Wildman–Crippen MR) is 170 cm³/mol. The van der Waals surface area contributed by atoms with Crippen molar-refractivity contribution in [1.29, 1.82) is 0 Å². The molecule has 0 spiro atoms. The Balaban J connectivity index is 1.77. The fourth-order valence-corrected chi connectivity index (χ4v) is 6.31. The molecule has 2 aliphatic rings. The number of amidine groups is 1. The summed E-state index contributed by atoms with van der Waals surface area (Å²) in [5.74, 6) is -0.471. The van der Waals surface area contributed by atoms with Crippen molar-refractivity contribution < 1.29 is 42.9 Å². The van der Waals surface area contributed by atoms with Gasteiger partial charge in [0.05, 0.1) is 25.2 Å². The predicted octanol–water partition coefficient (Wildman–Crippen LogP) is 1.83. The van der Waals surface area contributed by atoms with Crippen LogP contribution < -0.4 is 16.6 Å². The molecule has 4 unspecified atom stereocenters. The Morgan fingerprint density at radius 1 is 1.27 bits per heavy atom. The summed E-state index contributed by atoms with van der Waals surface area (Å²) in [6.45, 7) is 9.84. The van der Waals surface area contributed by atoms with E-state index < -0.39 is 56.3 Å². The zero-order valence-corrected chi connectivity index (χ0v) is 27.6. The highest BCUT2D eigenvalue weighted by atomic mass is 32.2. The number of benzene rings is 1. The largest absolute Gasteiger partial charge is 0.455 e. The molecular weight excluding hydrogens is 625 g/mol.